The number of Topliss-reactive ketones (excluding diaryl/α,β-unsaturated/α-hetero) is 4. The molecule has 0 aromatic heterocycles. The van der Waals surface area contributed by atoms with Crippen molar-refractivity contribution in [2.75, 3.05) is 0 Å². The maximum Gasteiger partial charge on any atom is 0.211 e. The zero-order valence-electron chi connectivity index (χ0n) is 17.4. The number of carbonyl (C=O) groups excluding carboxylic acids is 4. The first-order valence-corrected chi connectivity index (χ1v) is 9.98. The molecule has 0 aromatic rings. The van der Waals surface area contributed by atoms with Crippen molar-refractivity contribution in [2.24, 2.45) is 0 Å². The summed E-state index contributed by atoms with van der Waals surface area (Å²) in [5.41, 5.74) is -2.91. The van der Waals surface area contributed by atoms with Crippen LogP contribution in [0.15, 0.2) is 23.3 Å². The van der Waals surface area contributed by atoms with Crippen molar-refractivity contribution in [3.63, 3.8) is 0 Å². The van der Waals surface area contributed by atoms with Gasteiger partial charge in [-0.05, 0) is 32.6 Å². The molecule has 27 heavy (non-hydrogen) atoms. The molecule has 0 aliphatic carbocycles. The highest BCUT2D eigenvalue weighted by Gasteiger charge is 2.49. The van der Waals surface area contributed by atoms with Crippen molar-refractivity contribution in [3.8, 4) is 0 Å². The van der Waals surface area contributed by atoms with Crippen molar-refractivity contribution in [2.45, 2.75) is 91.6 Å². The molecule has 0 unspecified atom stereocenters. The molecule has 152 valence electrons. The molecule has 0 aliphatic rings. The number of carbonyl (C=O) groups is 4. The van der Waals surface area contributed by atoms with Gasteiger partial charge in [-0.3, -0.25) is 19.2 Å². The molecular weight excluding hydrogens is 344 g/mol. The molecule has 0 atom stereocenters. The molecule has 0 saturated heterocycles. The summed E-state index contributed by atoms with van der Waals surface area (Å²) in [5.74, 6) is -2.29. The number of aliphatic hydroxyl groups is 1. The molecule has 5 nitrogen and oxygen atoms in total. The third-order valence-corrected chi connectivity index (χ3v) is 4.26. The van der Waals surface area contributed by atoms with Crippen LogP contribution in [0.4, 0.5) is 0 Å². The van der Waals surface area contributed by atoms with Gasteiger partial charge in [0.05, 0.1) is 5.57 Å². The van der Waals surface area contributed by atoms with Crippen LogP contribution >= 0.6 is 0 Å². The Hall–Kier alpha value is -1.88. The molecule has 0 fully saturated rings. The van der Waals surface area contributed by atoms with Gasteiger partial charge >= 0.3 is 0 Å². The number of ketones is 4. The van der Waals surface area contributed by atoms with Gasteiger partial charge in [-0.15, -0.1) is 0 Å². The van der Waals surface area contributed by atoms with Crippen LogP contribution < -0.4 is 0 Å². The lowest BCUT2D eigenvalue weighted by molar-refractivity contribution is -0.149. The molecule has 5 heteroatoms. The number of rotatable bonds is 14. The molecule has 0 spiro atoms. The quantitative estimate of drug-likeness (QED) is 0.280. The van der Waals surface area contributed by atoms with Crippen molar-refractivity contribution >= 4 is 23.1 Å². The first-order valence-electron chi connectivity index (χ1n) is 9.98. The topological polar surface area (TPSA) is 88.5 Å². The molecule has 0 bridgehead atoms. The standard InChI is InChI=1S/C22H34O5/c1-6-11-16(17(23)12-7-2)21(18(24)13-8-3)22(27,19(25)14-9-4)20(26)15-10-5/h6,11,27H,7-10,12-15H2,1-5H3. The summed E-state index contributed by atoms with van der Waals surface area (Å²) in [6.07, 6.45) is 5.04. The Kier molecular flexibility index (Phi) is 11.6. The zero-order chi connectivity index (χ0) is 21.0. The summed E-state index contributed by atoms with van der Waals surface area (Å²) in [6, 6.07) is 0. The molecule has 0 saturated carbocycles. The fourth-order valence-corrected chi connectivity index (χ4v) is 2.99. The van der Waals surface area contributed by atoms with Gasteiger partial charge in [-0.1, -0.05) is 39.8 Å². The fourth-order valence-electron chi connectivity index (χ4n) is 2.99. The maximum atomic E-state index is 12.9. The van der Waals surface area contributed by atoms with Gasteiger partial charge in [-0.25, -0.2) is 0 Å². The van der Waals surface area contributed by atoms with E-state index in [2.05, 4.69) is 0 Å². The van der Waals surface area contributed by atoms with E-state index in [1.807, 2.05) is 6.92 Å². The average molecular weight is 379 g/mol. The van der Waals surface area contributed by atoms with E-state index in [1.54, 1.807) is 33.8 Å². The number of allylic oxidation sites excluding steroid dienone is 3. The van der Waals surface area contributed by atoms with E-state index in [0.717, 1.165) is 0 Å². The van der Waals surface area contributed by atoms with Crippen LogP contribution in [0.3, 0.4) is 0 Å². The van der Waals surface area contributed by atoms with E-state index >= 15 is 0 Å². The first kappa shape index (κ1) is 25.1. The van der Waals surface area contributed by atoms with Crippen LogP contribution in [0, 0.1) is 0 Å². The van der Waals surface area contributed by atoms with Crippen LogP contribution in [-0.2, 0) is 19.2 Å². The van der Waals surface area contributed by atoms with Gasteiger partial charge in [0.15, 0.2) is 23.1 Å². The van der Waals surface area contributed by atoms with Crippen molar-refractivity contribution < 1.29 is 24.3 Å². The number of hydrogen-bond acceptors (Lipinski definition) is 5. The number of hydrogen-bond donors (Lipinski definition) is 1. The Labute approximate surface area is 162 Å². The van der Waals surface area contributed by atoms with Crippen molar-refractivity contribution in [1.82, 2.24) is 0 Å². The minimum atomic E-state index is -2.56. The summed E-state index contributed by atoms with van der Waals surface area (Å²) >= 11 is 0. The lowest BCUT2D eigenvalue weighted by Crippen LogP contribution is -2.51. The SMILES string of the molecule is CC=CC(C(=O)CCC)=C(C(=O)CCC)C(O)(C(=O)CCC)C(=O)CCC. The Morgan fingerprint density at radius 2 is 1.15 bits per heavy atom. The van der Waals surface area contributed by atoms with Crippen LogP contribution in [0.5, 0.6) is 0 Å². The third-order valence-electron chi connectivity index (χ3n) is 4.26. The van der Waals surface area contributed by atoms with Gasteiger partial charge in [-0.2, -0.15) is 0 Å². The predicted molar refractivity (Wildman–Crippen MR) is 106 cm³/mol. The summed E-state index contributed by atoms with van der Waals surface area (Å²) in [7, 11) is 0. The van der Waals surface area contributed by atoms with E-state index in [4.69, 9.17) is 0 Å². The molecule has 0 heterocycles. The maximum absolute atomic E-state index is 12.9. The molecule has 0 aliphatic heterocycles. The second kappa shape index (κ2) is 12.5. The normalized spacial score (nSPS) is 12.8. The highest BCUT2D eigenvalue weighted by atomic mass is 16.3. The van der Waals surface area contributed by atoms with Gasteiger partial charge in [0.2, 0.25) is 5.60 Å². The van der Waals surface area contributed by atoms with Crippen LogP contribution in [0.25, 0.3) is 0 Å². The van der Waals surface area contributed by atoms with Crippen LogP contribution in [-0.4, -0.2) is 33.8 Å². The highest BCUT2D eigenvalue weighted by molar-refractivity contribution is 6.23. The predicted octanol–water partition coefficient (Wildman–Crippen LogP) is 4.07. The zero-order valence-corrected chi connectivity index (χ0v) is 17.4. The molecule has 0 aromatic carbocycles. The monoisotopic (exact) mass is 378 g/mol. The van der Waals surface area contributed by atoms with E-state index in [-0.39, 0.29) is 42.6 Å². The summed E-state index contributed by atoms with van der Waals surface area (Å²) in [4.78, 5) is 51.3. The Morgan fingerprint density at radius 3 is 1.52 bits per heavy atom. The van der Waals surface area contributed by atoms with Crippen LogP contribution in [0.2, 0.25) is 0 Å². The van der Waals surface area contributed by atoms with Gasteiger partial charge in [0.25, 0.3) is 0 Å². The molecule has 0 amide bonds. The van der Waals surface area contributed by atoms with Crippen molar-refractivity contribution in [3.05, 3.63) is 23.3 Å². The molecule has 1 N–H and O–H groups in total. The van der Waals surface area contributed by atoms with Gasteiger partial charge in [0, 0.05) is 31.3 Å². The summed E-state index contributed by atoms with van der Waals surface area (Å²) in [6.45, 7) is 8.82. The second-order valence-electron chi connectivity index (χ2n) is 6.69. The third kappa shape index (κ3) is 6.35. The smallest absolute Gasteiger partial charge is 0.211 e. The summed E-state index contributed by atoms with van der Waals surface area (Å²) in [5, 5.41) is 11.3. The van der Waals surface area contributed by atoms with Gasteiger partial charge in [0.1, 0.15) is 0 Å². The highest BCUT2D eigenvalue weighted by Crippen LogP contribution is 2.30. The van der Waals surface area contributed by atoms with E-state index in [0.29, 0.717) is 25.7 Å². The summed E-state index contributed by atoms with van der Waals surface area (Å²) < 4.78 is 0. The first-order chi connectivity index (χ1) is 12.8. The minimum Gasteiger partial charge on any atom is -0.371 e. The fraction of sp³-hybridized carbons (Fsp3) is 0.636. The van der Waals surface area contributed by atoms with Crippen LogP contribution in [0.1, 0.15) is 86.0 Å². The second-order valence-corrected chi connectivity index (χ2v) is 6.69. The Bertz CT molecular complexity index is 592. The molecule has 0 rings (SSSR count). The van der Waals surface area contributed by atoms with E-state index in [9.17, 15) is 24.3 Å². The van der Waals surface area contributed by atoms with E-state index < -0.39 is 23.0 Å². The largest absolute Gasteiger partial charge is 0.371 e. The molecule has 0 radical (unpaired) electrons. The Morgan fingerprint density at radius 1 is 0.741 bits per heavy atom. The average Bonchev–Trinajstić information content (AvgIpc) is 2.61. The van der Waals surface area contributed by atoms with Crippen molar-refractivity contribution in [1.29, 1.82) is 0 Å². The lowest BCUT2D eigenvalue weighted by Gasteiger charge is -2.29. The molecular formula is C22H34O5. The van der Waals surface area contributed by atoms with Gasteiger partial charge < -0.3 is 5.11 Å². The lowest BCUT2D eigenvalue weighted by atomic mass is 9.75. The minimum absolute atomic E-state index is 0.0193. The van der Waals surface area contributed by atoms with E-state index in [1.165, 1.54) is 6.08 Å². The Balaban J connectivity index is 6.92.